The number of benzene rings is 1. The molecule has 3 fully saturated rings. The summed E-state index contributed by atoms with van der Waals surface area (Å²) in [4.78, 5) is 9.81. The van der Waals surface area contributed by atoms with E-state index in [0.29, 0.717) is 12.1 Å². The third kappa shape index (κ3) is 8.49. The van der Waals surface area contributed by atoms with Gasteiger partial charge in [0.25, 0.3) is 0 Å². The number of carboxylic acids is 1. The van der Waals surface area contributed by atoms with E-state index >= 15 is 0 Å². The molecule has 0 bridgehead atoms. The average Bonchev–Trinajstić information content (AvgIpc) is 3.39. The molecule has 0 amide bonds. The van der Waals surface area contributed by atoms with Gasteiger partial charge in [0.1, 0.15) is 28.3 Å². The highest BCUT2D eigenvalue weighted by Gasteiger charge is 2.61. The third-order valence-electron chi connectivity index (χ3n) is 13.6. The van der Waals surface area contributed by atoms with Crippen molar-refractivity contribution in [3.8, 4) is 0 Å². The molecule has 1 aromatic rings. The Balaban J connectivity index is 0.000000508. The Morgan fingerprint density at radius 1 is 0.771 bits per heavy atom. The van der Waals surface area contributed by atoms with Crippen molar-refractivity contribution in [1.82, 2.24) is 4.48 Å². The predicted octanol–water partition coefficient (Wildman–Crippen LogP) is 13.0. The molecule has 5 rings (SSSR count). The molecule has 4 heteroatoms. The number of allylic oxidation sites excluding steroid dienone is 1. The monoisotopic (exact) mass is 726 g/mol. The number of quaternary nitrogens is 1. The van der Waals surface area contributed by atoms with E-state index in [1.54, 1.807) is 11.3 Å². The van der Waals surface area contributed by atoms with Gasteiger partial charge in [-0.3, -0.25) is 9.28 Å². The molecule has 1 heterocycles. The number of hydrogen-bond donors (Lipinski definition) is 1. The van der Waals surface area contributed by atoms with E-state index in [1.807, 2.05) is 12.6 Å². The number of rotatable bonds is 10. The smallest absolute Gasteiger partial charge is 0.317 e. The van der Waals surface area contributed by atoms with Crippen molar-refractivity contribution in [2.75, 3.05) is 0 Å². The largest absolute Gasteiger partial charge is 0.480 e. The fraction of sp³-hybridized carbons (Fsp3) is 0.795. The summed E-state index contributed by atoms with van der Waals surface area (Å²) >= 11 is 3.04. The molecule has 3 aliphatic carbocycles. The summed E-state index contributed by atoms with van der Waals surface area (Å²) in [6.07, 6.45) is 18.3. The number of unbranched alkanes of at least 4 members (excludes halogenated alkanes) is 1. The number of para-hydroxylation sites is 1. The summed E-state index contributed by atoms with van der Waals surface area (Å²) in [6.45, 7) is 25.0. The van der Waals surface area contributed by atoms with Crippen LogP contribution in [0.3, 0.4) is 0 Å². The van der Waals surface area contributed by atoms with Crippen LogP contribution in [0.4, 0.5) is 5.69 Å². The van der Waals surface area contributed by atoms with Crippen molar-refractivity contribution < 1.29 is 9.90 Å². The lowest BCUT2D eigenvalue weighted by Gasteiger charge is -2.59. The van der Waals surface area contributed by atoms with E-state index in [-0.39, 0.29) is 4.83 Å². The van der Waals surface area contributed by atoms with Crippen LogP contribution in [0.5, 0.6) is 0 Å². The molecular formula is C44H73BrNO2+. The van der Waals surface area contributed by atoms with Crippen LogP contribution in [0, 0.1) is 59.2 Å². The van der Waals surface area contributed by atoms with Crippen molar-refractivity contribution in [2.45, 2.75) is 163 Å². The molecule has 272 valence electrons. The highest BCUT2D eigenvalue weighted by molar-refractivity contribution is 9.10. The Labute approximate surface area is 304 Å². The fourth-order valence-corrected chi connectivity index (χ4v) is 11.3. The lowest BCUT2D eigenvalue weighted by molar-refractivity contribution is -0.136. The number of nitrogens with zero attached hydrogens (tertiary/aromatic N) is 1. The number of fused-ring (bicyclic) bond motifs is 1. The topological polar surface area (TPSA) is 37.3 Å². The first-order chi connectivity index (χ1) is 22.7. The average molecular weight is 728 g/mol. The van der Waals surface area contributed by atoms with Gasteiger partial charge in [0.05, 0.1) is 0 Å². The van der Waals surface area contributed by atoms with Crippen molar-refractivity contribution in [3.63, 3.8) is 0 Å². The molecule has 0 aromatic heterocycles. The SMILES string of the molecule is CC1CCC(C(C)C)C(C2=Cc3ccccc3[N+]2(C2CC(C)CCC2C(C)C)C2CC(C)CCC2C(C)C)C1.CCCCC(Br)C(=O)O. The standard InChI is InChI=1S/C38H62N.C6H11BrO2/c1-24(2)31-17-14-27(7)20-34(31)38-23-30-12-10-11-13-35(30)39(38,36-21-28(8)15-18-32(36)25(3)4)37-22-29(9)16-19-33(37)26(5)6;1-2-3-4-5(7)6(8)9/h10-13,23-29,31-34,36-37H,14-22H2,1-9H3;5H,2-4H2,1H3,(H,8,9)/q+1;. The zero-order valence-electron chi connectivity index (χ0n) is 32.6. The Kier molecular flexibility index (Phi) is 14.4. The van der Waals surface area contributed by atoms with Crippen molar-refractivity contribution in [3.05, 3.63) is 35.5 Å². The maximum atomic E-state index is 10.2. The number of halogens is 1. The Morgan fingerprint density at radius 3 is 1.73 bits per heavy atom. The number of hydrogen-bond acceptors (Lipinski definition) is 1. The molecule has 1 aliphatic heterocycles. The Hall–Kier alpha value is -1.13. The summed E-state index contributed by atoms with van der Waals surface area (Å²) in [7, 11) is 0. The van der Waals surface area contributed by atoms with Crippen molar-refractivity contribution >= 4 is 33.7 Å². The molecule has 0 radical (unpaired) electrons. The molecular weight excluding hydrogens is 654 g/mol. The molecule has 3 saturated carbocycles. The summed E-state index contributed by atoms with van der Waals surface area (Å²) in [5, 5.41) is 8.36. The van der Waals surface area contributed by atoms with Gasteiger partial charge >= 0.3 is 5.97 Å². The summed E-state index contributed by atoms with van der Waals surface area (Å²) < 4.78 is 1.25. The van der Waals surface area contributed by atoms with Crippen LogP contribution in [0.15, 0.2) is 30.0 Å². The second-order valence-electron chi connectivity index (χ2n) is 18.1. The highest BCUT2D eigenvalue weighted by atomic mass is 79.9. The molecule has 0 spiro atoms. The van der Waals surface area contributed by atoms with Crippen molar-refractivity contribution in [1.29, 1.82) is 0 Å². The maximum absolute atomic E-state index is 10.2. The van der Waals surface area contributed by atoms with Crippen LogP contribution < -0.4 is 4.48 Å². The summed E-state index contributed by atoms with van der Waals surface area (Å²) in [5.74, 6) is 7.14. The molecule has 10 unspecified atom stereocenters. The number of alkyl halides is 1. The summed E-state index contributed by atoms with van der Waals surface area (Å²) in [5.41, 5.74) is 5.13. The van der Waals surface area contributed by atoms with E-state index in [4.69, 9.17) is 5.11 Å². The first-order valence-electron chi connectivity index (χ1n) is 20.3. The number of aliphatic carboxylic acids is 1. The van der Waals surface area contributed by atoms with E-state index in [9.17, 15) is 4.79 Å². The molecule has 1 aromatic carbocycles. The zero-order chi connectivity index (χ0) is 35.3. The van der Waals surface area contributed by atoms with Crippen LogP contribution >= 0.6 is 15.9 Å². The van der Waals surface area contributed by atoms with Gasteiger partial charge in [-0.2, -0.15) is 0 Å². The number of carboxylic acid groups (broad SMARTS) is 1. The van der Waals surface area contributed by atoms with Gasteiger partial charge in [-0.25, -0.2) is 0 Å². The summed E-state index contributed by atoms with van der Waals surface area (Å²) in [6, 6.07) is 11.2. The van der Waals surface area contributed by atoms with Gasteiger partial charge in [-0.15, -0.1) is 0 Å². The quantitative estimate of drug-likeness (QED) is 0.192. The molecule has 10 atom stereocenters. The van der Waals surface area contributed by atoms with E-state index in [0.717, 1.165) is 78.4 Å². The molecule has 48 heavy (non-hydrogen) atoms. The van der Waals surface area contributed by atoms with Gasteiger partial charge < -0.3 is 5.11 Å². The molecule has 1 N–H and O–H groups in total. The minimum Gasteiger partial charge on any atom is -0.480 e. The number of carbonyl (C=O) groups is 1. The van der Waals surface area contributed by atoms with Crippen LogP contribution in [0.25, 0.3) is 6.08 Å². The van der Waals surface area contributed by atoms with Crippen LogP contribution in [0.2, 0.25) is 0 Å². The van der Waals surface area contributed by atoms with Crippen LogP contribution in [-0.2, 0) is 4.79 Å². The predicted molar refractivity (Wildman–Crippen MR) is 211 cm³/mol. The van der Waals surface area contributed by atoms with Gasteiger partial charge in [-0.05, 0) is 92.4 Å². The Bertz CT molecular complexity index is 1170. The minimum atomic E-state index is -0.761. The van der Waals surface area contributed by atoms with Gasteiger partial charge in [0.2, 0.25) is 0 Å². The normalized spacial score (nSPS) is 36.0. The lowest BCUT2D eigenvalue weighted by atomic mass is 9.64. The fourth-order valence-electron chi connectivity index (χ4n) is 11.0. The second kappa shape index (κ2) is 17.4. The van der Waals surface area contributed by atoms with E-state index in [1.165, 1.54) is 62.3 Å². The third-order valence-corrected chi connectivity index (χ3v) is 14.4. The van der Waals surface area contributed by atoms with Crippen LogP contribution in [0.1, 0.15) is 152 Å². The van der Waals surface area contributed by atoms with E-state index < -0.39 is 5.97 Å². The maximum Gasteiger partial charge on any atom is 0.317 e. The van der Waals surface area contributed by atoms with Crippen LogP contribution in [-0.4, -0.2) is 28.0 Å². The van der Waals surface area contributed by atoms with Gasteiger partial charge in [-0.1, -0.05) is 117 Å². The first-order valence-corrected chi connectivity index (χ1v) is 21.2. The zero-order valence-corrected chi connectivity index (χ0v) is 34.1. The van der Waals surface area contributed by atoms with E-state index in [2.05, 4.69) is 109 Å². The highest BCUT2D eigenvalue weighted by Crippen LogP contribution is 2.59. The lowest BCUT2D eigenvalue weighted by Crippen LogP contribution is -2.69. The minimum absolute atomic E-state index is 0.350. The van der Waals surface area contributed by atoms with Gasteiger partial charge in [0, 0.05) is 48.3 Å². The van der Waals surface area contributed by atoms with Crippen molar-refractivity contribution in [2.24, 2.45) is 59.2 Å². The second-order valence-corrected chi connectivity index (χ2v) is 19.2. The Morgan fingerprint density at radius 2 is 1.25 bits per heavy atom. The first kappa shape index (κ1) is 39.7. The van der Waals surface area contributed by atoms with Gasteiger partial charge in [0.15, 0.2) is 0 Å². The molecule has 0 saturated heterocycles. The molecule has 3 nitrogen and oxygen atoms in total. The molecule has 4 aliphatic rings.